The number of rotatable bonds is 3. The molecular formula is C18H20N2S. The van der Waals surface area contributed by atoms with Crippen molar-refractivity contribution >= 4 is 22.2 Å². The predicted octanol–water partition coefficient (Wildman–Crippen LogP) is 4.46. The fraction of sp³-hybridized carbons (Fsp3) is 0.333. The van der Waals surface area contributed by atoms with Crippen molar-refractivity contribution in [2.24, 2.45) is 0 Å². The van der Waals surface area contributed by atoms with E-state index in [1.807, 2.05) is 11.3 Å². The summed E-state index contributed by atoms with van der Waals surface area (Å²) in [7, 11) is 2.25. The minimum absolute atomic E-state index is 0.686. The van der Waals surface area contributed by atoms with Crippen LogP contribution in [0.15, 0.2) is 48.0 Å². The molecule has 0 N–H and O–H groups in total. The first-order valence-electron chi connectivity index (χ1n) is 7.64. The topological polar surface area (TPSA) is 8.17 Å². The average molecular weight is 296 g/mol. The molecule has 1 aliphatic rings. The molecule has 0 spiro atoms. The van der Waals surface area contributed by atoms with Gasteiger partial charge in [0.25, 0.3) is 0 Å². The van der Waals surface area contributed by atoms with E-state index in [0.29, 0.717) is 6.04 Å². The third-order valence-corrected chi connectivity index (χ3v) is 5.58. The molecule has 0 saturated carbocycles. The van der Waals surface area contributed by atoms with Crippen LogP contribution in [0.5, 0.6) is 0 Å². The average Bonchev–Trinajstić information content (AvgIpc) is 3.22. The number of thiophene rings is 1. The van der Waals surface area contributed by atoms with E-state index in [0.717, 1.165) is 6.54 Å². The molecule has 3 aromatic rings. The van der Waals surface area contributed by atoms with Crippen LogP contribution in [-0.2, 0) is 6.54 Å². The van der Waals surface area contributed by atoms with Crippen LogP contribution in [0, 0.1) is 0 Å². The zero-order valence-electron chi connectivity index (χ0n) is 12.3. The van der Waals surface area contributed by atoms with Gasteiger partial charge in [0.05, 0.1) is 0 Å². The van der Waals surface area contributed by atoms with Crippen molar-refractivity contribution in [2.45, 2.75) is 25.4 Å². The Labute approximate surface area is 129 Å². The fourth-order valence-corrected chi connectivity index (χ4v) is 4.10. The van der Waals surface area contributed by atoms with E-state index in [-0.39, 0.29) is 0 Å². The number of likely N-dealkylation sites (tertiary alicyclic amines) is 1. The lowest BCUT2D eigenvalue weighted by Gasteiger charge is -2.20. The molecule has 0 radical (unpaired) electrons. The second kappa shape index (κ2) is 5.32. The van der Waals surface area contributed by atoms with E-state index < -0.39 is 0 Å². The maximum atomic E-state index is 2.49. The molecule has 1 aliphatic heterocycles. The molecule has 0 amide bonds. The van der Waals surface area contributed by atoms with Crippen molar-refractivity contribution < 1.29 is 0 Å². The van der Waals surface area contributed by atoms with Crippen molar-refractivity contribution in [1.29, 1.82) is 0 Å². The molecule has 108 valence electrons. The summed E-state index contributed by atoms with van der Waals surface area (Å²) in [5.41, 5.74) is 2.69. The summed E-state index contributed by atoms with van der Waals surface area (Å²) >= 11 is 1.81. The van der Waals surface area contributed by atoms with Crippen molar-refractivity contribution in [3.8, 4) is 10.4 Å². The van der Waals surface area contributed by atoms with Crippen LogP contribution in [0.2, 0.25) is 0 Å². The minimum atomic E-state index is 0.686. The van der Waals surface area contributed by atoms with Gasteiger partial charge in [-0.3, -0.25) is 0 Å². The molecule has 3 heteroatoms. The number of hydrogen-bond acceptors (Lipinski definition) is 2. The van der Waals surface area contributed by atoms with Gasteiger partial charge in [0, 0.05) is 29.2 Å². The standard InChI is InChI=1S/C18H20N2S/c1-19-9-2-4-16(19)13-20-10-8-14-6-7-15(12-17(14)20)18-5-3-11-21-18/h3,5-8,10-12,16H,2,4,9,13H2,1H3/t16-/m0/s1. The molecule has 1 saturated heterocycles. The zero-order chi connectivity index (χ0) is 14.2. The monoisotopic (exact) mass is 296 g/mol. The number of hydrogen-bond donors (Lipinski definition) is 0. The van der Waals surface area contributed by atoms with E-state index in [1.54, 1.807) is 0 Å². The summed E-state index contributed by atoms with van der Waals surface area (Å²) < 4.78 is 2.43. The Morgan fingerprint density at radius 1 is 1.24 bits per heavy atom. The quantitative estimate of drug-likeness (QED) is 0.692. The van der Waals surface area contributed by atoms with E-state index in [1.165, 1.54) is 40.7 Å². The van der Waals surface area contributed by atoms with Gasteiger partial charge < -0.3 is 9.47 Å². The van der Waals surface area contributed by atoms with Gasteiger partial charge in [0.1, 0.15) is 0 Å². The number of fused-ring (bicyclic) bond motifs is 1. The van der Waals surface area contributed by atoms with E-state index >= 15 is 0 Å². The zero-order valence-corrected chi connectivity index (χ0v) is 13.1. The van der Waals surface area contributed by atoms with Gasteiger partial charge in [-0.15, -0.1) is 11.3 Å². The van der Waals surface area contributed by atoms with Crippen LogP contribution in [0.1, 0.15) is 12.8 Å². The minimum Gasteiger partial charge on any atom is -0.346 e. The van der Waals surface area contributed by atoms with Gasteiger partial charge in [-0.25, -0.2) is 0 Å². The van der Waals surface area contributed by atoms with Crippen LogP contribution in [-0.4, -0.2) is 29.1 Å². The van der Waals surface area contributed by atoms with Gasteiger partial charge in [0.15, 0.2) is 0 Å². The number of aromatic nitrogens is 1. The molecule has 0 unspecified atom stereocenters. The highest BCUT2D eigenvalue weighted by atomic mass is 32.1. The Morgan fingerprint density at radius 2 is 2.19 bits per heavy atom. The second-order valence-corrected chi connectivity index (χ2v) is 6.94. The van der Waals surface area contributed by atoms with Crippen LogP contribution in [0.3, 0.4) is 0 Å². The maximum absolute atomic E-state index is 2.49. The second-order valence-electron chi connectivity index (χ2n) is 6.00. The van der Waals surface area contributed by atoms with Gasteiger partial charge in [-0.1, -0.05) is 18.2 Å². The Kier molecular flexibility index (Phi) is 3.32. The Hall–Kier alpha value is -1.58. The summed E-state index contributed by atoms with van der Waals surface area (Å²) in [6.45, 7) is 2.35. The maximum Gasteiger partial charge on any atom is 0.0487 e. The lowest BCUT2D eigenvalue weighted by molar-refractivity contribution is 0.284. The van der Waals surface area contributed by atoms with Crippen LogP contribution < -0.4 is 0 Å². The third kappa shape index (κ3) is 2.41. The normalized spacial score (nSPS) is 19.6. The Balaban J connectivity index is 1.70. The molecule has 2 nitrogen and oxygen atoms in total. The van der Waals surface area contributed by atoms with Gasteiger partial charge in [-0.05, 0) is 61.0 Å². The van der Waals surface area contributed by atoms with Crippen molar-refractivity contribution in [1.82, 2.24) is 9.47 Å². The highest BCUT2D eigenvalue weighted by molar-refractivity contribution is 7.13. The predicted molar refractivity (Wildman–Crippen MR) is 90.9 cm³/mol. The molecular weight excluding hydrogens is 276 g/mol. The molecule has 2 aromatic heterocycles. The summed E-state index contributed by atoms with van der Waals surface area (Å²) in [6.07, 6.45) is 4.90. The molecule has 0 bridgehead atoms. The smallest absolute Gasteiger partial charge is 0.0487 e. The lowest BCUT2D eigenvalue weighted by atomic mass is 10.1. The largest absolute Gasteiger partial charge is 0.346 e. The number of benzene rings is 1. The van der Waals surface area contributed by atoms with Crippen LogP contribution in [0.4, 0.5) is 0 Å². The molecule has 4 rings (SSSR count). The Morgan fingerprint density at radius 3 is 2.95 bits per heavy atom. The van der Waals surface area contributed by atoms with Crippen LogP contribution in [0.25, 0.3) is 21.3 Å². The third-order valence-electron chi connectivity index (χ3n) is 4.66. The first-order chi connectivity index (χ1) is 10.3. The van der Waals surface area contributed by atoms with Crippen molar-refractivity contribution in [2.75, 3.05) is 13.6 Å². The fourth-order valence-electron chi connectivity index (χ4n) is 3.38. The van der Waals surface area contributed by atoms with E-state index in [9.17, 15) is 0 Å². The number of likely N-dealkylation sites (N-methyl/N-ethyl adjacent to an activating group) is 1. The lowest BCUT2D eigenvalue weighted by Crippen LogP contribution is -2.28. The van der Waals surface area contributed by atoms with Gasteiger partial charge in [0.2, 0.25) is 0 Å². The SMILES string of the molecule is CN1CCC[C@H]1Cn1ccc2ccc(-c3cccs3)cc21. The highest BCUT2D eigenvalue weighted by Crippen LogP contribution is 2.29. The first-order valence-corrected chi connectivity index (χ1v) is 8.52. The summed E-state index contributed by atoms with van der Waals surface area (Å²) in [5.74, 6) is 0. The molecule has 1 aromatic carbocycles. The molecule has 21 heavy (non-hydrogen) atoms. The molecule has 1 fully saturated rings. The van der Waals surface area contributed by atoms with Crippen LogP contribution >= 0.6 is 11.3 Å². The molecule has 3 heterocycles. The van der Waals surface area contributed by atoms with E-state index in [4.69, 9.17) is 0 Å². The first kappa shape index (κ1) is 13.1. The summed E-state index contributed by atoms with van der Waals surface area (Å²) in [5, 5.41) is 3.49. The highest BCUT2D eigenvalue weighted by Gasteiger charge is 2.21. The molecule has 1 atom stereocenters. The van der Waals surface area contributed by atoms with Gasteiger partial charge in [-0.2, -0.15) is 0 Å². The summed E-state index contributed by atoms with van der Waals surface area (Å²) in [6, 6.07) is 14.1. The Bertz CT molecular complexity index is 742. The van der Waals surface area contributed by atoms with Crippen molar-refractivity contribution in [3.63, 3.8) is 0 Å². The van der Waals surface area contributed by atoms with Crippen molar-refractivity contribution in [3.05, 3.63) is 48.0 Å². The van der Waals surface area contributed by atoms with Gasteiger partial charge >= 0.3 is 0 Å². The van der Waals surface area contributed by atoms with E-state index in [2.05, 4.69) is 64.5 Å². The summed E-state index contributed by atoms with van der Waals surface area (Å²) in [4.78, 5) is 3.84. The molecule has 0 aliphatic carbocycles. The number of nitrogens with zero attached hydrogens (tertiary/aromatic N) is 2.